The van der Waals surface area contributed by atoms with Crippen LogP contribution in [0.5, 0.6) is 0 Å². The van der Waals surface area contributed by atoms with Crippen LogP contribution in [0, 0.1) is 13.8 Å². The lowest BCUT2D eigenvalue weighted by molar-refractivity contribution is -0.142. The van der Waals surface area contributed by atoms with E-state index in [4.69, 9.17) is 4.74 Å². The van der Waals surface area contributed by atoms with Crippen LogP contribution >= 0.6 is 22.7 Å². The summed E-state index contributed by atoms with van der Waals surface area (Å²) < 4.78 is 4.93. The van der Waals surface area contributed by atoms with Gasteiger partial charge >= 0.3 is 5.97 Å². The topological polar surface area (TPSA) is 129 Å². The molecule has 2 aromatic carbocycles. The molecule has 1 saturated heterocycles. The lowest BCUT2D eigenvalue weighted by atomic mass is 10.2. The van der Waals surface area contributed by atoms with E-state index in [-0.39, 0.29) is 12.4 Å². The van der Waals surface area contributed by atoms with Crippen molar-refractivity contribution in [3.8, 4) is 0 Å². The average Bonchev–Trinajstić information content (AvgIpc) is 3.73. The van der Waals surface area contributed by atoms with E-state index < -0.39 is 0 Å². The molecule has 5 rings (SSSR count). The fraction of sp³-hybridized carbons (Fsp3) is 0.321. The van der Waals surface area contributed by atoms with E-state index >= 15 is 0 Å². The molecule has 11 nitrogen and oxygen atoms in total. The van der Waals surface area contributed by atoms with Crippen LogP contribution in [0.2, 0.25) is 0 Å². The maximum atomic E-state index is 11.6. The first kappa shape index (κ1) is 28.3. The van der Waals surface area contributed by atoms with E-state index in [9.17, 15) is 4.79 Å². The van der Waals surface area contributed by atoms with Crippen molar-refractivity contribution in [2.45, 2.75) is 40.0 Å². The molecule has 4 aromatic rings. The minimum absolute atomic E-state index is 0.0736. The van der Waals surface area contributed by atoms with Crippen molar-refractivity contribution in [2.24, 2.45) is 20.5 Å². The molecule has 2 N–H and O–H groups in total. The van der Waals surface area contributed by atoms with E-state index in [2.05, 4.69) is 58.5 Å². The number of anilines is 3. The first-order valence-corrected chi connectivity index (χ1v) is 15.0. The number of esters is 1. The number of benzene rings is 2. The maximum Gasteiger partial charge on any atom is 0.312 e. The van der Waals surface area contributed by atoms with Crippen molar-refractivity contribution in [1.82, 2.24) is 10.2 Å². The first-order valence-electron chi connectivity index (χ1n) is 13.4. The van der Waals surface area contributed by atoms with E-state index in [0.717, 1.165) is 40.6 Å². The van der Waals surface area contributed by atoms with Gasteiger partial charge in [-0.25, -0.2) is 0 Å². The van der Waals surface area contributed by atoms with Crippen molar-refractivity contribution < 1.29 is 9.53 Å². The lowest BCUT2D eigenvalue weighted by Crippen LogP contribution is -2.15. The van der Waals surface area contributed by atoms with Crippen LogP contribution < -0.4 is 15.8 Å². The number of hydrazine groups is 1. The normalized spacial score (nSPS) is 13.4. The molecule has 3 heterocycles. The van der Waals surface area contributed by atoms with Crippen molar-refractivity contribution >= 4 is 66.5 Å². The van der Waals surface area contributed by atoms with Gasteiger partial charge in [-0.05, 0) is 93.3 Å². The molecule has 41 heavy (non-hydrogen) atoms. The summed E-state index contributed by atoms with van der Waals surface area (Å²) in [5, 5.41) is 28.5. The first-order chi connectivity index (χ1) is 20.0. The molecule has 1 aliphatic rings. The Balaban J connectivity index is 1.16. The second-order valence-corrected chi connectivity index (χ2v) is 11.5. The molecule has 0 amide bonds. The predicted octanol–water partition coefficient (Wildman–Crippen LogP) is 8.19. The number of ether oxygens (including phenoxy) is 1. The second-order valence-electron chi connectivity index (χ2n) is 9.41. The van der Waals surface area contributed by atoms with Crippen LogP contribution in [0.25, 0.3) is 0 Å². The lowest BCUT2D eigenvalue weighted by Gasteiger charge is -2.14. The summed E-state index contributed by atoms with van der Waals surface area (Å²) in [6, 6.07) is 15.8. The van der Waals surface area contributed by atoms with Crippen molar-refractivity contribution in [3.05, 3.63) is 64.7 Å². The number of carbonyl (C=O) groups excluding carboxylic acids is 1. The average molecular weight is 590 g/mol. The van der Waals surface area contributed by atoms with Gasteiger partial charge in [-0.1, -0.05) is 22.7 Å². The Labute approximate surface area is 246 Å². The van der Waals surface area contributed by atoms with E-state index in [0.29, 0.717) is 28.1 Å². The van der Waals surface area contributed by atoms with Crippen molar-refractivity contribution in [3.63, 3.8) is 0 Å². The van der Waals surface area contributed by atoms with Crippen molar-refractivity contribution in [1.29, 1.82) is 0 Å². The molecule has 0 unspecified atom stereocenters. The number of thiophene rings is 1. The SMILES string of the molecule is CCOC(=O)Cc1nnc(N=Nc2ccc(N=Nc3ccc(NNc4ccc(N5CCCC5)s4)cc3C)cc2C)s1. The Morgan fingerprint density at radius 1 is 0.902 bits per heavy atom. The third-order valence-corrected chi connectivity index (χ3v) is 8.16. The molecule has 1 fully saturated rings. The molecule has 13 heteroatoms. The second kappa shape index (κ2) is 13.4. The Bertz CT molecular complexity index is 1560. The molecule has 212 valence electrons. The minimum atomic E-state index is -0.340. The van der Waals surface area contributed by atoms with Gasteiger partial charge in [0.15, 0.2) is 0 Å². The number of aromatic nitrogens is 2. The molecule has 2 aromatic heterocycles. The van der Waals surface area contributed by atoms with E-state index in [1.807, 2.05) is 50.2 Å². The summed E-state index contributed by atoms with van der Waals surface area (Å²) in [6.45, 7) is 8.32. The number of carbonyl (C=O) groups is 1. The third kappa shape index (κ3) is 7.70. The molecule has 0 bridgehead atoms. The van der Waals surface area contributed by atoms with E-state index in [1.54, 1.807) is 18.3 Å². The highest BCUT2D eigenvalue weighted by molar-refractivity contribution is 7.20. The number of nitrogens with zero attached hydrogens (tertiary/aromatic N) is 7. The Hall–Kier alpha value is -4.23. The quantitative estimate of drug-likeness (QED) is 0.102. The van der Waals surface area contributed by atoms with Crippen LogP contribution in [-0.4, -0.2) is 35.9 Å². The zero-order valence-electron chi connectivity index (χ0n) is 23.1. The van der Waals surface area contributed by atoms with Gasteiger partial charge in [0.2, 0.25) is 0 Å². The van der Waals surface area contributed by atoms with Gasteiger partial charge in [-0.15, -0.1) is 20.4 Å². The van der Waals surface area contributed by atoms with Gasteiger partial charge in [0.25, 0.3) is 5.13 Å². The summed E-state index contributed by atoms with van der Waals surface area (Å²) in [7, 11) is 0. The smallest absolute Gasteiger partial charge is 0.312 e. The number of aryl methyl sites for hydroxylation is 2. The summed E-state index contributed by atoms with van der Waals surface area (Å²) >= 11 is 2.96. The molecule has 0 radical (unpaired) electrons. The molecular weight excluding hydrogens is 559 g/mol. The van der Waals surface area contributed by atoms with Crippen LogP contribution in [-0.2, 0) is 16.0 Å². The van der Waals surface area contributed by atoms with Crippen molar-refractivity contribution in [2.75, 3.05) is 35.4 Å². The number of hydrogen-bond donors (Lipinski definition) is 2. The highest BCUT2D eigenvalue weighted by atomic mass is 32.1. The number of nitrogens with one attached hydrogen (secondary N) is 2. The Morgan fingerprint density at radius 2 is 1.66 bits per heavy atom. The summed E-state index contributed by atoms with van der Waals surface area (Å²) in [6.07, 6.45) is 2.62. The summed E-state index contributed by atoms with van der Waals surface area (Å²) in [5.74, 6) is -0.340. The minimum Gasteiger partial charge on any atom is -0.466 e. The zero-order chi connectivity index (χ0) is 28.6. The standard InChI is InChI=1S/C28H31N9O2S2/c1-4-39-27(38)17-25-34-36-28(41-25)35-32-23-10-7-20(15-19(23)3)29-31-22-9-8-21(16-18(22)2)30-33-24-11-12-26(40-24)37-13-5-6-14-37/h7-12,15-16,30,33H,4-6,13-14,17H2,1-3H3. The summed E-state index contributed by atoms with van der Waals surface area (Å²) in [4.78, 5) is 14.0. The van der Waals surface area contributed by atoms with Crippen LogP contribution in [0.4, 0.5) is 37.9 Å². The highest BCUT2D eigenvalue weighted by Gasteiger charge is 2.14. The number of azo groups is 2. The fourth-order valence-corrected chi connectivity index (χ4v) is 5.75. The van der Waals surface area contributed by atoms with Gasteiger partial charge in [-0.2, -0.15) is 10.2 Å². The van der Waals surface area contributed by atoms with Crippen LogP contribution in [0.3, 0.4) is 0 Å². The molecule has 1 aliphatic heterocycles. The predicted molar refractivity (Wildman–Crippen MR) is 164 cm³/mol. The van der Waals surface area contributed by atoms with Crippen LogP contribution in [0.15, 0.2) is 69.0 Å². The highest BCUT2D eigenvalue weighted by Crippen LogP contribution is 2.33. The van der Waals surface area contributed by atoms with Crippen LogP contribution in [0.1, 0.15) is 35.9 Å². The third-order valence-electron chi connectivity index (χ3n) is 6.29. The Kier molecular flexibility index (Phi) is 9.26. The number of rotatable bonds is 11. The van der Waals surface area contributed by atoms with E-state index in [1.165, 1.54) is 29.2 Å². The zero-order valence-corrected chi connectivity index (χ0v) is 24.8. The number of hydrogen-bond acceptors (Lipinski definition) is 13. The largest absolute Gasteiger partial charge is 0.466 e. The van der Waals surface area contributed by atoms with Gasteiger partial charge in [0.05, 0.1) is 40.8 Å². The monoisotopic (exact) mass is 589 g/mol. The Morgan fingerprint density at radius 3 is 2.41 bits per heavy atom. The molecular formula is C28H31N9O2S2. The van der Waals surface area contributed by atoms with Gasteiger partial charge in [0.1, 0.15) is 10.0 Å². The molecule has 0 spiro atoms. The summed E-state index contributed by atoms with van der Waals surface area (Å²) in [5.41, 5.74) is 11.6. The molecule has 0 atom stereocenters. The van der Waals surface area contributed by atoms with Gasteiger partial charge < -0.3 is 15.1 Å². The van der Waals surface area contributed by atoms with Gasteiger partial charge in [0, 0.05) is 13.1 Å². The molecule has 0 saturated carbocycles. The fourth-order valence-electron chi connectivity index (χ4n) is 4.20. The maximum absolute atomic E-state index is 11.6. The molecule has 0 aliphatic carbocycles. The van der Waals surface area contributed by atoms with Gasteiger partial charge in [-0.3, -0.25) is 10.2 Å².